The number of carbonyl (C=O) groups is 2. The van der Waals surface area contributed by atoms with Crippen LogP contribution in [0.3, 0.4) is 0 Å². The predicted molar refractivity (Wildman–Crippen MR) is 95.5 cm³/mol. The first-order valence-electron chi connectivity index (χ1n) is 8.46. The van der Waals surface area contributed by atoms with Crippen LogP contribution in [-0.4, -0.2) is 36.3 Å². The van der Waals surface area contributed by atoms with Crippen LogP contribution in [-0.2, 0) is 22.4 Å². The van der Waals surface area contributed by atoms with Crippen molar-refractivity contribution in [2.45, 2.75) is 19.8 Å². The smallest absolute Gasteiger partial charge is 0.239 e. The van der Waals surface area contributed by atoms with Crippen molar-refractivity contribution in [3.05, 3.63) is 71.3 Å². The molecule has 2 aromatic carbocycles. The summed E-state index contributed by atoms with van der Waals surface area (Å²) in [7, 11) is 0. The van der Waals surface area contributed by atoms with Gasteiger partial charge in [0.1, 0.15) is 11.6 Å². The zero-order chi connectivity index (χ0) is 18.9. The van der Waals surface area contributed by atoms with Crippen LogP contribution >= 0.6 is 0 Å². The maximum absolute atomic E-state index is 13.7. The van der Waals surface area contributed by atoms with Crippen molar-refractivity contribution in [3.8, 4) is 0 Å². The summed E-state index contributed by atoms with van der Waals surface area (Å²) in [6.07, 6.45) is 0.913. The zero-order valence-corrected chi connectivity index (χ0v) is 14.7. The second-order valence-corrected chi connectivity index (χ2v) is 6.01. The quantitative estimate of drug-likeness (QED) is 0.787. The summed E-state index contributed by atoms with van der Waals surface area (Å²) in [6, 6.07) is 12.4. The Balaban J connectivity index is 1.79. The number of nitrogens with one attached hydrogen (secondary N) is 1. The van der Waals surface area contributed by atoms with Crippen molar-refractivity contribution in [3.63, 3.8) is 0 Å². The van der Waals surface area contributed by atoms with E-state index in [0.29, 0.717) is 24.9 Å². The fourth-order valence-corrected chi connectivity index (χ4v) is 2.53. The topological polar surface area (TPSA) is 49.4 Å². The summed E-state index contributed by atoms with van der Waals surface area (Å²) in [4.78, 5) is 25.2. The number of hydrogen-bond donors (Lipinski definition) is 1. The average Bonchev–Trinajstić information content (AvgIpc) is 2.61. The van der Waals surface area contributed by atoms with Crippen molar-refractivity contribution < 1.29 is 18.4 Å². The lowest BCUT2D eigenvalue weighted by Crippen LogP contribution is -2.41. The minimum Gasteiger partial charge on any atom is -0.354 e. The van der Waals surface area contributed by atoms with Crippen molar-refractivity contribution >= 4 is 11.8 Å². The predicted octanol–water partition coefficient (Wildman–Crippen LogP) is 2.71. The van der Waals surface area contributed by atoms with Crippen molar-refractivity contribution in [2.75, 3.05) is 19.6 Å². The zero-order valence-electron chi connectivity index (χ0n) is 14.7. The second kappa shape index (κ2) is 9.65. The number of halogens is 2. The molecule has 1 N–H and O–H groups in total. The van der Waals surface area contributed by atoms with Crippen LogP contribution in [0.5, 0.6) is 0 Å². The van der Waals surface area contributed by atoms with Gasteiger partial charge in [0.25, 0.3) is 0 Å². The molecule has 0 atom stereocenters. The molecule has 2 aromatic rings. The molecule has 0 aliphatic carbocycles. The van der Waals surface area contributed by atoms with E-state index in [4.69, 9.17) is 0 Å². The third-order valence-corrected chi connectivity index (χ3v) is 4.04. The maximum Gasteiger partial charge on any atom is 0.239 e. The van der Waals surface area contributed by atoms with E-state index in [0.717, 1.165) is 5.56 Å². The molecule has 4 nitrogen and oxygen atoms in total. The van der Waals surface area contributed by atoms with E-state index in [1.54, 1.807) is 30.3 Å². The van der Waals surface area contributed by atoms with Crippen LogP contribution in [0.1, 0.15) is 18.1 Å². The monoisotopic (exact) mass is 360 g/mol. The van der Waals surface area contributed by atoms with E-state index < -0.39 is 0 Å². The molecule has 0 saturated heterocycles. The highest BCUT2D eigenvalue weighted by Crippen LogP contribution is 2.08. The summed E-state index contributed by atoms with van der Waals surface area (Å²) in [6.45, 7) is 1.96. The molecule has 0 fully saturated rings. The molecule has 2 rings (SSSR count). The Morgan fingerprint density at radius 3 is 2.35 bits per heavy atom. The molecule has 138 valence electrons. The van der Waals surface area contributed by atoms with Crippen LogP contribution in [0.2, 0.25) is 0 Å². The van der Waals surface area contributed by atoms with E-state index in [1.165, 1.54) is 30.0 Å². The Bertz CT molecular complexity index is 748. The fourth-order valence-electron chi connectivity index (χ4n) is 2.53. The lowest BCUT2D eigenvalue weighted by molar-refractivity contribution is -0.134. The number of rotatable bonds is 8. The Labute approximate surface area is 151 Å². The summed E-state index contributed by atoms with van der Waals surface area (Å²) in [5.41, 5.74) is 1.42. The Morgan fingerprint density at radius 1 is 1.00 bits per heavy atom. The highest BCUT2D eigenvalue weighted by molar-refractivity contribution is 5.83. The first kappa shape index (κ1) is 19.6. The number of benzene rings is 2. The van der Waals surface area contributed by atoms with Crippen LogP contribution in [0.25, 0.3) is 0 Å². The fraction of sp³-hybridized carbons (Fsp3) is 0.300. The summed E-state index contributed by atoms with van der Waals surface area (Å²) in [5, 5.41) is 2.74. The SMILES string of the molecule is CC(=O)N(CCc1ccccc1F)CC(=O)NCCc1ccc(F)cc1. The molecule has 0 aromatic heterocycles. The lowest BCUT2D eigenvalue weighted by atomic mass is 10.1. The first-order valence-corrected chi connectivity index (χ1v) is 8.46. The van der Waals surface area contributed by atoms with Gasteiger partial charge in [0.2, 0.25) is 11.8 Å². The van der Waals surface area contributed by atoms with E-state index in [9.17, 15) is 18.4 Å². The van der Waals surface area contributed by atoms with Gasteiger partial charge in [-0.15, -0.1) is 0 Å². The molecular weight excluding hydrogens is 338 g/mol. The molecule has 26 heavy (non-hydrogen) atoms. The van der Waals surface area contributed by atoms with E-state index >= 15 is 0 Å². The Kier molecular flexibility index (Phi) is 7.26. The molecule has 6 heteroatoms. The van der Waals surface area contributed by atoms with Gasteiger partial charge in [-0.2, -0.15) is 0 Å². The second-order valence-electron chi connectivity index (χ2n) is 6.01. The van der Waals surface area contributed by atoms with Crippen LogP contribution in [0, 0.1) is 11.6 Å². The number of nitrogens with zero attached hydrogens (tertiary/aromatic N) is 1. The van der Waals surface area contributed by atoms with Crippen LogP contribution in [0.15, 0.2) is 48.5 Å². The third-order valence-electron chi connectivity index (χ3n) is 4.04. The molecule has 2 amide bonds. The molecule has 0 aliphatic heterocycles. The van der Waals surface area contributed by atoms with Crippen molar-refractivity contribution in [1.82, 2.24) is 10.2 Å². The van der Waals surface area contributed by atoms with Gasteiger partial charge in [-0.3, -0.25) is 9.59 Å². The van der Waals surface area contributed by atoms with E-state index in [1.807, 2.05) is 0 Å². The molecule has 0 aliphatic rings. The minimum absolute atomic E-state index is 0.0762. The van der Waals surface area contributed by atoms with Gasteiger partial charge in [-0.05, 0) is 42.2 Å². The average molecular weight is 360 g/mol. The van der Waals surface area contributed by atoms with Crippen LogP contribution in [0.4, 0.5) is 8.78 Å². The Morgan fingerprint density at radius 2 is 1.69 bits per heavy atom. The third kappa shape index (κ3) is 6.27. The molecule has 0 saturated carbocycles. The largest absolute Gasteiger partial charge is 0.354 e. The molecule has 0 spiro atoms. The summed E-state index contributed by atoms with van der Waals surface area (Å²) < 4.78 is 26.5. The first-order chi connectivity index (χ1) is 12.5. The van der Waals surface area contributed by atoms with Crippen molar-refractivity contribution in [2.24, 2.45) is 0 Å². The number of hydrogen-bond acceptors (Lipinski definition) is 2. The van der Waals surface area contributed by atoms with Crippen LogP contribution < -0.4 is 5.32 Å². The van der Waals surface area contributed by atoms with Gasteiger partial charge in [-0.25, -0.2) is 8.78 Å². The maximum atomic E-state index is 13.7. The molecule has 0 radical (unpaired) electrons. The Hall–Kier alpha value is -2.76. The molecular formula is C20H22F2N2O2. The molecule has 0 heterocycles. The number of carbonyl (C=O) groups excluding carboxylic acids is 2. The standard InChI is InChI=1S/C20H22F2N2O2/c1-15(25)24(13-11-17-4-2-3-5-19(17)22)14-20(26)23-12-10-16-6-8-18(21)9-7-16/h2-9H,10-14H2,1H3,(H,23,26). The lowest BCUT2D eigenvalue weighted by Gasteiger charge is -2.20. The summed E-state index contributed by atoms with van der Waals surface area (Å²) in [5.74, 6) is -1.14. The van der Waals surface area contributed by atoms with Gasteiger partial charge in [0, 0.05) is 20.0 Å². The van der Waals surface area contributed by atoms with Gasteiger partial charge in [0.05, 0.1) is 6.54 Å². The normalized spacial score (nSPS) is 10.4. The van der Waals surface area contributed by atoms with Gasteiger partial charge < -0.3 is 10.2 Å². The highest BCUT2D eigenvalue weighted by Gasteiger charge is 2.14. The number of amides is 2. The minimum atomic E-state index is -0.320. The van der Waals surface area contributed by atoms with Gasteiger partial charge >= 0.3 is 0 Å². The van der Waals surface area contributed by atoms with Gasteiger partial charge in [-0.1, -0.05) is 30.3 Å². The van der Waals surface area contributed by atoms with Gasteiger partial charge in [0.15, 0.2) is 0 Å². The highest BCUT2D eigenvalue weighted by atomic mass is 19.1. The van der Waals surface area contributed by atoms with E-state index in [-0.39, 0.29) is 36.5 Å². The molecule has 0 bridgehead atoms. The van der Waals surface area contributed by atoms with E-state index in [2.05, 4.69) is 5.32 Å². The summed E-state index contributed by atoms with van der Waals surface area (Å²) >= 11 is 0. The molecule has 0 unspecified atom stereocenters. The van der Waals surface area contributed by atoms with Crippen molar-refractivity contribution in [1.29, 1.82) is 0 Å².